The molecule has 1 aliphatic rings. The molecule has 2 N–H and O–H groups in total. The maximum Gasteiger partial charge on any atom is 0.125 e. The van der Waals surface area contributed by atoms with Gasteiger partial charge in [0.1, 0.15) is 17.3 Å². The lowest BCUT2D eigenvalue weighted by molar-refractivity contribution is 0.352. The number of fused-ring (bicyclic) bond motifs is 1. The van der Waals surface area contributed by atoms with Gasteiger partial charge < -0.3 is 14.9 Å². The minimum atomic E-state index is -0.0787. The van der Waals surface area contributed by atoms with Crippen molar-refractivity contribution in [1.82, 2.24) is 0 Å². The summed E-state index contributed by atoms with van der Waals surface area (Å²) in [6.45, 7) is 6.80. The minimum Gasteiger partial charge on any atom is -0.493 e. The molecule has 0 fully saturated rings. The maximum atomic E-state index is 6.46. The van der Waals surface area contributed by atoms with E-state index >= 15 is 0 Å². The number of benzene rings is 1. The number of halogens is 1. The topological polar surface area (TPSA) is 48.4 Å². The monoisotopic (exact) mass is 349 g/mol. The summed E-state index contributed by atoms with van der Waals surface area (Å²) >= 11 is 3.58. The summed E-state index contributed by atoms with van der Waals surface area (Å²) in [5, 5.41) is 0. The maximum absolute atomic E-state index is 6.46. The number of rotatable bonds is 3. The predicted molar refractivity (Wildman–Crippen MR) is 86.9 cm³/mol. The van der Waals surface area contributed by atoms with Gasteiger partial charge >= 0.3 is 0 Å². The third-order valence-corrected chi connectivity index (χ3v) is 4.71. The van der Waals surface area contributed by atoms with Crippen molar-refractivity contribution >= 4 is 15.9 Å². The Kier molecular flexibility index (Phi) is 3.84. The van der Waals surface area contributed by atoms with Crippen molar-refractivity contribution in [1.29, 1.82) is 0 Å². The van der Waals surface area contributed by atoms with Crippen molar-refractivity contribution in [2.45, 2.75) is 39.7 Å². The average Bonchev–Trinajstić information content (AvgIpc) is 2.95. The summed E-state index contributed by atoms with van der Waals surface area (Å²) in [5.41, 5.74) is 11.2. The molecule has 0 radical (unpaired) electrons. The summed E-state index contributed by atoms with van der Waals surface area (Å²) < 4.78 is 12.6. The lowest BCUT2D eigenvalue weighted by Gasteiger charge is -2.15. The molecule has 1 aromatic heterocycles. The van der Waals surface area contributed by atoms with Gasteiger partial charge in [-0.2, -0.15) is 0 Å². The molecular weight excluding hydrogens is 330 g/mol. The van der Waals surface area contributed by atoms with Crippen LogP contribution in [0.2, 0.25) is 0 Å². The van der Waals surface area contributed by atoms with Crippen LogP contribution in [0, 0.1) is 20.8 Å². The van der Waals surface area contributed by atoms with Crippen LogP contribution in [0.1, 0.15) is 39.8 Å². The van der Waals surface area contributed by atoms with E-state index in [1.54, 1.807) is 0 Å². The molecular formula is C17H20BrNO2. The van der Waals surface area contributed by atoms with Crippen LogP contribution in [0.3, 0.4) is 0 Å². The van der Waals surface area contributed by atoms with Crippen LogP contribution >= 0.6 is 15.9 Å². The fraction of sp³-hybridized carbons (Fsp3) is 0.412. The molecule has 0 saturated heterocycles. The molecule has 3 nitrogen and oxygen atoms in total. The molecule has 1 aliphatic heterocycles. The second kappa shape index (κ2) is 5.50. The average molecular weight is 350 g/mol. The second-order valence-electron chi connectivity index (χ2n) is 5.72. The van der Waals surface area contributed by atoms with Gasteiger partial charge in [0.15, 0.2) is 0 Å². The minimum absolute atomic E-state index is 0.0787. The van der Waals surface area contributed by atoms with Crippen molar-refractivity contribution < 1.29 is 9.15 Å². The SMILES string of the molecule is Cc1oc(C)c(C(N)Cc2cc(Br)cc3c2OCC3)c1C. The van der Waals surface area contributed by atoms with E-state index in [1.807, 2.05) is 13.8 Å². The number of hydrogen-bond acceptors (Lipinski definition) is 3. The van der Waals surface area contributed by atoms with Crippen LogP contribution in [0.4, 0.5) is 0 Å². The molecule has 112 valence electrons. The van der Waals surface area contributed by atoms with Crippen LogP contribution in [-0.4, -0.2) is 6.61 Å². The normalized spacial score (nSPS) is 14.9. The van der Waals surface area contributed by atoms with E-state index in [2.05, 4.69) is 35.0 Å². The first-order valence-electron chi connectivity index (χ1n) is 7.23. The van der Waals surface area contributed by atoms with Gasteiger partial charge in [0.2, 0.25) is 0 Å². The molecule has 2 aromatic rings. The van der Waals surface area contributed by atoms with Gasteiger partial charge in [-0.3, -0.25) is 0 Å². The Morgan fingerprint density at radius 3 is 2.67 bits per heavy atom. The molecule has 1 atom stereocenters. The van der Waals surface area contributed by atoms with Crippen molar-refractivity contribution in [2.24, 2.45) is 5.73 Å². The van der Waals surface area contributed by atoms with E-state index in [0.717, 1.165) is 52.3 Å². The molecule has 0 saturated carbocycles. The number of aryl methyl sites for hydroxylation is 2. The van der Waals surface area contributed by atoms with Crippen LogP contribution in [0.15, 0.2) is 21.0 Å². The molecule has 21 heavy (non-hydrogen) atoms. The van der Waals surface area contributed by atoms with Crippen molar-refractivity contribution in [3.8, 4) is 5.75 Å². The molecule has 1 aromatic carbocycles. The molecule has 0 aliphatic carbocycles. The van der Waals surface area contributed by atoms with E-state index in [0.29, 0.717) is 0 Å². The first-order chi connectivity index (χ1) is 9.97. The van der Waals surface area contributed by atoms with Gasteiger partial charge in [0.05, 0.1) is 6.61 Å². The number of ether oxygens (including phenoxy) is 1. The summed E-state index contributed by atoms with van der Waals surface area (Å²) in [5.74, 6) is 2.89. The lowest BCUT2D eigenvalue weighted by atomic mass is 9.95. The van der Waals surface area contributed by atoms with Gasteiger partial charge in [-0.05, 0) is 56.0 Å². The summed E-state index contributed by atoms with van der Waals surface area (Å²) in [6, 6.07) is 4.17. The third-order valence-electron chi connectivity index (χ3n) is 4.25. The molecule has 0 spiro atoms. The Bertz CT molecular complexity index is 691. The van der Waals surface area contributed by atoms with E-state index in [1.165, 1.54) is 11.1 Å². The fourth-order valence-corrected chi connectivity index (χ4v) is 3.74. The predicted octanol–water partition coefficient (Wildman–Crippen LogP) is 4.14. The van der Waals surface area contributed by atoms with Crippen molar-refractivity contribution in [3.63, 3.8) is 0 Å². The van der Waals surface area contributed by atoms with E-state index in [-0.39, 0.29) is 6.04 Å². The highest BCUT2D eigenvalue weighted by molar-refractivity contribution is 9.10. The van der Waals surface area contributed by atoms with Gasteiger partial charge in [0.25, 0.3) is 0 Å². The third kappa shape index (κ3) is 2.62. The van der Waals surface area contributed by atoms with E-state index in [9.17, 15) is 0 Å². The van der Waals surface area contributed by atoms with Gasteiger partial charge in [0, 0.05) is 22.5 Å². The van der Waals surface area contributed by atoms with Gasteiger partial charge in [-0.15, -0.1) is 0 Å². The zero-order valence-electron chi connectivity index (χ0n) is 12.6. The van der Waals surface area contributed by atoms with Gasteiger partial charge in [-0.1, -0.05) is 15.9 Å². The molecule has 0 bridgehead atoms. The summed E-state index contributed by atoms with van der Waals surface area (Å²) in [6.07, 6.45) is 1.72. The van der Waals surface area contributed by atoms with E-state index < -0.39 is 0 Å². The fourth-order valence-electron chi connectivity index (χ4n) is 3.19. The molecule has 4 heteroatoms. The quantitative estimate of drug-likeness (QED) is 0.905. The van der Waals surface area contributed by atoms with E-state index in [4.69, 9.17) is 14.9 Å². The van der Waals surface area contributed by atoms with Gasteiger partial charge in [-0.25, -0.2) is 0 Å². The first-order valence-corrected chi connectivity index (χ1v) is 8.03. The first kappa shape index (κ1) is 14.7. The summed E-state index contributed by atoms with van der Waals surface area (Å²) in [4.78, 5) is 0. The van der Waals surface area contributed by atoms with Crippen LogP contribution in [0.5, 0.6) is 5.75 Å². The Hall–Kier alpha value is -1.26. The van der Waals surface area contributed by atoms with Crippen LogP contribution < -0.4 is 10.5 Å². The lowest BCUT2D eigenvalue weighted by Crippen LogP contribution is -2.15. The number of hydrogen-bond donors (Lipinski definition) is 1. The zero-order valence-corrected chi connectivity index (χ0v) is 14.2. The Labute approximate surface area is 133 Å². The standard InChI is InChI=1S/C17H20BrNO2/c1-9-10(2)21-11(3)16(9)15(19)8-13-7-14(18)6-12-4-5-20-17(12)13/h6-7,15H,4-5,8,19H2,1-3H3. The molecule has 3 rings (SSSR count). The largest absolute Gasteiger partial charge is 0.493 e. The molecule has 1 unspecified atom stereocenters. The Morgan fingerprint density at radius 1 is 1.24 bits per heavy atom. The van der Waals surface area contributed by atoms with Crippen molar-refractivity contribution in [3.05, 3.63) is 50.4 Å². The number of furan rings is 1. The molecule has 0 amide bonds. The summed E-state index contributed by atoms with van der Waals surface area (Å²) in [7, 11) is 0. The highest BCUT2D eigenvalue weighted by Crippen LogP contribution is 2.36. The highest BCUT2D eigenvalue weighted by Gasteiger charge is 2.23. The second-order valence-corrected chi connectivity index (χ2v) is 6.63. The number of nitrogens with two attached hydrogens (primary N) is 1. The molecule has 2 heterocycles. The Morgan fingerprint density at radius 2 is 2.00 bits per heavy atom. The Balaban J connectivity index is 1.94. The zero-order chi connectivity index (χ0) is 15.1. The smallest absolute Gasteiger partial charge is 0.125 e. The van der Waals surface area contributed by atoms with Crippen molar-refractivity contribution in [2.75, 3.05) is 6.61 Å². The highest BCUT2D eigenvalue weighted by atomic mass is 79.9. The van der Waals surface area contributed by atoms with Crippen LogP contribution in [0.25, 0.3) is 0 Å². The van der Waals surface area contributed by atoms with Crippen LogP contribution in [-0.2, 0) is 12.8 Å².